The maximum absolute atomic E-state index is 11.9. The van der Waals surface area contributed by atoms with Crippen molar-refractivity contribution in [1.29, 1.82) is 0 Å². The smallest absolute Gasteiger partial charge is 0.325 e. The molecule has 0 aromatic carbocycles. The lowest BCUT2D eigenvalue weighted by molar-refractivity contribution is -0.137. The quantitative estimate of drug-likeness (QED) is 0.687. The lowest BCUT2D eigenvalue weighted by atomic mass is 10.6. The second-order valence-corrected chi connectivity index (χ2v) is 5.73. The van der Waals surface area contributed by atoms with E-state index in [-0.39, 0.29) is 18.0 Å². The van der Waals surface area contributed by atoms with Crippen LogP contribution in [-0.2, 0) is 27.9 Å². The number of hydrogen-bond acceptors (Lipinski definition) is 5. The number of rotatable bonds is 7. The molecule has 2 N–H and O–H groups in total. The highest BCUT2D eigenvalue weighted by Gasteiger charge is 2.16. The summed E-state index contributed by atoms with van der Waals surface area (Å²) >= 11 is 0. The Morgan fingerprint density at radius 3 is 2.90 bits per heavy atom. The van der Waals surface area contributed by atoms with E-state index in [0.29, 0.717) is 6.54 Å². The first-order valence-corrected chi connectivity index (χ1v) is 7.15. The molecule has 2 rings (SSSR count). The van der Waals surface area contributed by atoms with E-state index in [9.17, 15) is 13.2 Å². The van der Waals surface area contributed by atoms with E-state index >= 15 is 0 Å². The Balaban J connectivity index is 1.95. The Bertz CT molecular complexity index is 676. The molecule has 0 radical (unpaired) electrons. The van der Waals surface area contributed by atoms with Gasteiger partial charge >= 0.3 is 5.97 Å². The minimum atomic E-state index is -3.69. The number of sulfonamides is 1. The lowest BCUT2D eigenvalue weighted by Gasteiger charge is -2.05. The van der Waals surface area contributed by atoms with E-state index in [4.69, 9.17) is 5.11 Å². The van der Waals surface area contributed by atoms with Crippen LogP contribution in [0.1, 0.15) is 0 Å². The number of hydrogen-bond donors (Lipinski definition) is 2. The van der Waals surface area contributed by atoms with Gasteiger partial charge in [0.1, 0.15) is 11.4 Å². The van der Waals surface area contributed by atoms with Crippen LogP contribution >= 0.6 is 0 Å². The van der Waals surface area contributed by atoms with Gasteiger partial charge in [0.2, 0.25) is 10.0 Å². The van der Waals surface area contributed by atoms with Gasteiger partial charge in [0.05, 0.1) is 12.5 Å². The van der Waals surface area contributed by atoms with Gasteiger partial charge in [-0.1, -0.05) is 0 Å². The number of carbonyl (C=O) groups is 1. The molecule has 20 heavy (non-hydrogen) atoms. The van der Waals surface area contributed by atoms with Crippen molar-refractivity contribution in [3.63, 3.8) is 0 Å². The van der Waals surface area contributed by atoms with Crippen molar-refractivity contribution in [2.24, 2.45) is 0 Å². The summed E-state index contributed by atoms with van der Waals surface area (Å²) in [7, 11) is -3.69. The molecule has 0 amide bonds. The summed E-state index contributed by atoms with van der Waals surface area (Å²) in [5.74, 6) is -1.09. The molecular formula is C10H13N5O4S. The first-order valence-electron chi connectivity index (χ1n) is 5.67. The van der Waals surface area contributed by atoms with Crippen molar-refractivity contribution in [3.8, 4) is 0 Å². The minimum absolute atomic E-state index is 0.0654. The molecule has 108 valence electrons. The number of carboxylic acids is 1. The summed E-state index contributed by atoms with van der Waals surface area (Å²) < 4.78 is 29.0. The Hall–Kier alpha value is -2.20. The van der Waals surface area contributed by atoms with Crippen molar-refractivity contribution in [2.45, 2.75) is 18.0 Å². The Morgan fingerprint density at radius 1 is 1.45 bits per heavy atom. The second-order valence-electron chi connectivity index (χ2n) is 3.97. The number of aliphatic carboxylic acids is 1. The molecule has 0 atom stereocenters. The predicted molar refractivity (Wildman–Crippen MR) is 67.3 cm³/mol. The third kappa shape index (κ3) is 3.65. The molecule has 0 saturated carbocycles. The molecule has 0 aliphatic rings. The maximum Gasteiger partial charge on any atom is 0.325 e. The van der Waals surface area contributed by atoms with Crippen molar-refractivity contribution < 1.29 is 18.3 Å². The molecule has 2 aromatic heterocycles. The molecular weight excluding hydrogens is 286 g/mol. The third-order valence-electron chi connectivity index (χ3n) is 2.44. The van der Waals surface area contributed by atoms with Gasteiger partial charge in [-0.25, -0.2) is 18.1 Å². The van der Waals surface area contributed by atoms with Gasteiger partial charge in [-0.05, 0) is 0 Å². The second kappa shape index (κ2) is 5.84. The topological polar surface area (TPSA) is 119 Å². The Morgan fingerprint density at radius 2 is 2.25 bits per heavy atom. The van der Waals surface area contributed by atoms with Crippen LogP contribution in [-0.4, -0.2) is 45.4 Å². The molecule has 0 fully saturated rings. The van der Waals surface area contributed by atoms with Crippen LogP contribution in [0.3, 0.4) is 0 Å². The summed E-state index contributed by atoms with van der Waals surface area (Å²) in [6.45, 7) is 0.260. The van der Waals surface area contributed by atoms with Crippen molar-refractivity contribution in [1.82, 2.24) is 24.1 Å². The normalized spacial score (nSPS) is 11.6. The molecule has 10 heteroatoms. The number of nitrogens with one attached hydrogen (secondary N) is 1. The molecule has 0 aliphatic carbocycles. The number of imidazole rings is 1. The lowest BCUT2D eigenvalue weighted by Crippen LogP contribution is -2.27. The number of carboxylic acid groups (broad SMARTS) is 1. The number of nitrogens with zero attached hydrogens (tertiary/aromatic N) is 4. The highest BCUT2D eigenvalue weighted by molar-refractivity contribution is 7.89. The summed E-state index contributed by atoms with van der Waals surface area (Å²) in [6.07, 6.45) is 7.19. The van der Waals surface area contributed by atoms with Crippen LogP contribution in [0.2, 0.25) is 0 Å². The van der Waals surface area contributed by atoms with Crippen molar-refractivity contribution >= 4 is 16.0 Å². The van der Waals surface area contributed by atoms with E-state index < -0.39 is 16.0 Å². The zero-order valence-electron chi connectivity index (χ0n) is 10.4. The largest absolute Gasteiger partial charge is 0.480 e. The molecule has 0 aliphatic heterocycles. The first-order chi connectivity index (χ1) is 9.47. The zero-order valence-corrected chi connectivity index (χ0v) is 11.2. The van der Waals surface area contributed by atoms with E-state index in [0.717, 1.165) is 10.9 Å². The average molecular weight is 299 g/mol. The molecule has 0 unspecified atom stereocenters. The van der Waals surface area contributed by atoms with Crippen LogP contribution in [0.5, 0.6) is 0 Å². The van der Waals surface area contributed by atoms with Crippen LogP contribution in [0, 0.1) is 0 Å². The van der Waals surface area contributed by atoms with Crippen molar-refractivity contribution in [2.75, 3.05) is 6.54 Å². The fraction of sp³-hybridized carbons (Fsp3) is 0.300. The maximum atomic E-state index is 11.9. The third-order valence-corrected chi connectivity index (χ3v) is 3.85. The summed E-state index contributed by atoms with van der Waals surface area (Å²) in [4.78, 5) is 14.3. The fourth-order valence-corrected chi connectivity index (χ4v) is 2.49. The zero-order chi connectivity index (χ0) is 14.6. The molecule has 0 bridgehead atoms. The van der Waals surface area contributed by atoms with Crippen LogP contribution < -0.4 is 4.72 Å². The molecule has 2 aromatic rings. The van der Waals surface area contributed by atoms with Gasteiger partial charge < -0.3 is 9.67 Å². The summed E-state index contributed by atoms with van der Waals surface area (Å²) in [5.41, 5.74) is 0. The average Bonchev–Trinajstić information content (AvgIpc) is 2.99. The molecule has 0 spiro atoms. The van der Waals surface area contributed by atoms with Gasteiger partial charge in [0.15, 0.2) is 0 Å². The SMILES string of the molecule is O=C(O)Cn1cc(S(=O)(=O)NCCn2ccnc2)cn1. The van der Waals surface area contributed by atoms with Gasteiger partial charge in [0.25, 0.3) is 0 Å². The molecule has 0 saturated heterocycles. The molecule has 2 heterocycles. The number of aromatic nitrogens is 4. The Labute approximate surface area is 114 Å². The van der Waals surface area contributed by atoms with Gasteiger partial charge in [0, 0.05) is 31.7 Å². The highest BCUT2D eigenvalue weighted by Crippen LogP contribution is 2.06. The van der Waals surface area contributed by atoms with E-state index in [1.54, 1.807) is 23.3 Å². The van der Waals surface area contributed by atoms with Gasteiger partial charge in [-0.15, -0.1) is 0 Å². The minimum Gasteiger partial charge on any atom is -0.480 e. The van der Waals surface area contributed by atoms with E-state index in [1.807, 2.05) is 0 Å². The summed E-state index contributed by atoms with van der Waals surface area (Å²) in [5, 5.41) is 12.3. The molecule has 9 nitrogen and oxygen atoms in total. The monoisotopic (exact) mass is 299 g/mol. The van der Waals surface area contributed by atoms with Crippen molar-refractivity contribution in [3.05, 3.63) is 31.1 Å². The van der Waals surface area contributed by atoms with E-state index in [1.165, 1.54) is 6.20 Å². The van der Waals surface area contributed by atoms with Crippen LogP contribution in [0.15, 0.2) is 36.0 Å². The summed E-state index contributed by atoms with van der Waals surface area (Å²) in [6, 6.07) is 0. The highest BCUT2D eigenvalue weighted by atomic mass is 32.2. The first kappa shape index (κ1) is 14.2. The van der Waals surface area contributed by atoms with Crippen LogP contribution in [0.4, 0.5) is 0 Å². The van der Waals surface area contributed by atoms with E-state index in [2.05, 4.69) is 14.8 Å². The van der Waals surface area contributed by atoms with Gasteiger partial charge in [-0.2, -0.15) is 5.10 Å². The Kier molecular flexibility index (Phi) is 4.15. The van der Waals surface area contributed by atoms with Crippen LogP contribution in [0.25, 0.3) is 0 Å². The standard InChI is InChI=1S/C10H13N5O4S/c16-10(17)7-15-6-9(5-12-15)20(18,19)13-2-4-14-3-1-11-8-14/h1,3,5-6,8,13H,2,4,7H2,(H,16,17). The predicted octanol–water partition coefficient (Wildman–Crippen LogP) is -0.857. The fourth-order valence-electron chi connectivity index (χ4n) is 1.52. The van der Waals surface area contributed by atoms with Gasteiger partial charge in [-0.3, -0.25) is 9.48 Å².